The molecule has 1 heterocycles. The molecule has 2 atom stereocenters. The van der Waals surface area contributed by atoms with E-state index in [9.17, 15) is 8.42 Å². The highest BCUT2D eigenvalue weighted by Gasteiger charge is 2.35. The molecule has 0 saturated carbocycles. The van der Waals surface area contributed by atoms with Crippen LogP contribution in [-0.4, -0.2) is 31.9 Å². The van der Waals surface area contributed by atoms with Crippen molar-refractivity contribution in [2.24, 2.45) is 11.8 Å². The van der Waals surface area contributed by atoms with E-state index in [1.807, 2.05) is 12.1 Å². The van der Waals surface area contributed by atoms with Crippen LogP contribution in [0.25, 0.3) is 0 Å². The summed E-state index contributed by atoms with van der Waals surface area (Å²) in [6.45, 7) is 10.2. The standard InChI is InChI=1S/C16H26N2O2S/c1-12(2)17-9-15-7-5-6-8-16(15)21(19,20)18-10-13(3)14(4)11-18/h5-8,12-14,17H,9-11H2,1-4H3. The van der Waals surface area contributed by atoms with Gasteiger partial charge in [0.15, 0.2) is 0 Å². The number of hydrogen-bond donors (Lipinski definition) is 1. The van der Waals surface area contributed by atoms with Crippen molar-refractivity contribution < 1.29 is 8.42 Å². The molecular weight excluding hydrogens is 284 g/mol. The minimum absolute atomic E-state index is 0.326. The highest BCUT2D eigenvalue weighted by atomic mass is 32.2. The fourth-order valence-corrected chi connectivity index (χ4v) is 4.49. The van der Waals surface area contributed by atoms with Gasteiger partial charge < -0.3 is 5.32 Å². The van der Waals surface area contributed by atoms with Gasteiger partial charge in [-0.05, 0) is 23.5 Å². The Hall–Kier alpha value is -0.910. The summed E-state index contributed by atoms with van der Waals surface area (Å²) in [6, 6.07) is 7.64. The van der Waals surface area contributed by atoms with E-state index in [1.165, 1.54) is 0 Å². The molecule has 118 valence electrons. The first-order chi connectivity index (χ1) is 9.82. The predicted molar refractivity (Wildman–Crippen MR) is 85.5 cm³/mol. The van der Waals surface area contributed by atoms with Crippen LogP contribution < -0.4 is 5.32 Å². The fourth-order valence-electron chi connectivity index (χ4n) is 2.63. The molecule has 0 bridgehead atoms. The Morgan fingerprint density at radius 1 is 1.19 bits per heavy atom. The van der Waals surface area contributed by atoms with E-state index in [0.29, 0.717) is 42.4 Å². The largest absolute Gasteiger partial charge is 0.310 e. The molecule has 0 aliphatic carbocycles. The SMILES string of the molecule is CC(C)NCc1ccccc1S(=O)(=O)N1CC(C)C(C)C1. The highest BCUT2D eigenvalue weighted by Crippen LogP contribution is 2.29. The van der Waals surface area contributed by atoms with Gasteiger partial charge in [0.05, 0.1) is 4.90 Å². The van der Waals surface area contributed by atoms with Gasteiger partial charge in [-0.15, -0.1) is 0 Å². The minimum atomic E-state index is -3.39. The van der Waals surface area contributed by atoms with E-state index in [2.05, 4.69) is 33.0 Å². The van der Waals surface area contributed by atoms with E-state index in [4.69, 9.17) is 0 Å². The molecule has 2 unspecified atom stereocenters. The van der Waals surface area contributed by atoms with E-state index in [-0.39, 0.29) is 0 Å². The lowest BCUT2D eigenvalue weighted by Crippen LogP contribution is -2.31. The maximum atomic E-state index is 12.9. The van der Waals surface area contributed by atoms with Crippen molar-refractivity contribution >= 4 is 10.0 Å². The maximum absolute atomic E-state index is 12.9. The smallest absolute Gasteiger partial charge is 0.243 e. The second-order valence-corrected chi connectivity index (χ2v) is 8.33. The third-order valence-corrected chi connectivity index (χ3v) is 6.18. The summed E-state index contributed by atoms with van der Waals surface area (Å²) in [5.74, 6) is 0.835. The number of sulfonamides is 1. The Kier molecular flexibility index (Phi) is 5.07. The molecule has 1 N–H and O–H groups in total. The molecule has 1 fully saturated rings. The first kappa shape index (κ1) is 16.5. The molecule has 1 aliphatic heterocycles. The molecule has 1 saturated heterocycles. The van der Waals surface area contributed by atoms with Crippen LogP contribution in [0.2, 0.25) is 0 Å². The lowest BCUT2D eigenvalue weighted by molar-refractivity contribution is 0.461. The van der Waals surface area contributed by atoms with Gasteiger partial charge in [-0.2, -0.15) is 4.31 Å². The minimum Gasteiger partial charge on any atom is -0.310 e. The van der Waals surface area contributed by atoms with Gasteiger partial charge in [0, 0.05) is 25.7 Å². The van der Waals surface area contributed by atoms with Crippen LogP contribution in [0.15, 0.2) is 29.2 Å². The maximum Gasteiger partial charge on any atom is 0.243 e. The average molecular weight is 310 g/mol. The zero-order chi connectivity index (χ0) is 15.6. The Morgan fingerprint density at radius 2 is 1.76 bits per heavy atom. The molecule has 2 rings (SSSR count). The molecule has 5 heteroatoms. The van der Waals surface area contributed by atoms with E-state index >= 15 is 0 Å². The first-order valence-corrected chi connectivity index (χ1v) is 9.07. The van der Waals surface area contributed by atoms with Crippen molar-refractivity contribution in [3.63, 3.8) is 0 Å². The predicted octanol–water partition coefficient (Wildman–Crippen LogP) is 2.46. The molecule has 0 spiro atoms. The van der Waals surface area contributed by atoms with Crippen molar-refractivity contribution in [2.45, 2.75) is 45.2 Å². The van der Waals surface area contributed by atoms with Crippen LogP contribution >= 0.6 is 0 Å². The Morgan fingerprint density at radius 3 is 2.33 bits per heavy atom. The van der Waals surface area contributed by atoms with Crippen molar-refractivity contribution in [1.82, 2.24) is 9.62 Å². The number of nitrogens with one attached hydrogen (secondary N) is 1. The molecule has 0 amide bonds. The van der Waals surface area contributed by atoms with E-state index < -0.39 is 10.0 Å². The lowest BCUT2D eigenvalue weighted by atomic mass is 10.0. The third kappa shape index (κ3) is 3.65. The van der Waals surface area contributed by atoms with Gasteiger partial charge in [0.2, 0.25) is 10.0 Å². The Labute approximate surface area is 128 Å². The summed E-state index contributed by atoms with van der Waals surface area (Å²) in [4.78, 5) is 0.444. The zero-order valence-corrected chi connectivity index (χ0v) is 14.2. The van der Waals surface area contributed by atoms with Gasteiger partial charge in [-0.3, -0.25) is 0 Å². The molecule has 1 aromatic rings. The summed E-state index contributed by atoms with van der Waals surface area (Å²) in [7, 11) is -3.39. The summed E-state index contributed by atoms with van der Waals surface area (Å²) in [5.41, 5.74) is 0.846. The van der Waals surface area contributed by atoms with Crippen LogP contribution in [0, 0.1) is 11.8 Å². The van der Waals surface area contributed by atoms with E-state index in [0.717, 1.165) is 5.56 Å². The van der Waals surface area contributed by atoms with Crippen molar-refractivity contribution in [3.8, 4) is 0 Å². The van der Waals surface area contributed by atoms with Crippen LogP contribution in [0.1, 0.15) is 33.3 Å². The van der Waals surface area contributed by atoms with Crippen molar-refractivity contribution in [2.75, 3.05) is 13.1 Å². The van der Waals surface area contributed by atoms with E-state index in [1.54, 1.807) is 16.4 Å². The second-order valence-electron chi connectivity index (χ2n) is 6.42. The lowest BCUT2D eigenvalue weighted by Gasteiger charge is -2.19. The number of hydrogen-bond acceptors (Lipinski definition) is 3. The fraction of sp³-hybridized carbons (Fsp3) is 0.625. The van der Waals surface area contributed by atoms with Crippen molar-refractivity contribution in [1.29, 1.82) is 0 Å². The van der Waals surface area contributed by atoms with Gasteiger partial charge in [0.1, 0.15) is 0 Å². The van der Waals surface area contributed by atoms with Crippen LogP contribution in [-0.2, 0) is 16.6 Å². The van der Waals surface area contributed by atoms with Gasteiger partial charge >= 0.3 is 0 Å². The number of nitrogens with zero attached hydrogens (tertiary/aromatic N) is 1. The third-order valence-electron chi connectivity index (χ3n) is 4.25. The molecule has 1 aromatic carbocycles. The number of benzene rings is 1. The summed E-state index contributed by atoms with van der Waals surface area (Å²) >= 11 is 0. The Bertz CT molecular complexity index is 574. The van der Waals surface area contributed by atoms with Crippen LogP contribution in [0.3, 0.4) is 0 Å². The monoisotopic (exact) mass is 310 g/mol. The van der Waals surface area contributed by atoms with Crippen molar-refractivity contribution in [3.05, 3.63) is 29.8 Å². The topological polar surface area (TPSA) is 49.4 Å². The van der Waals surface area contributed by atoms with Crippen LogP contribution in [0.4, 0.5) is 0 Å². The highest BCUT2D eigenvalue weighted by molar-refractivity contribution is 7.89. The first-order valence-electron chi connectivity index (χ1n) is 7.63. The molecule has 1 aliphatic rings. The molecular formula is C16H26N2O2S. The van der Waals surface area contributed by atoms with Crippen LogP contribution in [0.5, 0.6) is 0 Å². The summed E-state index contributed by atoms with van der Waals surface area (Å²) < 4.78 is 27.4. The molecule has 4 nitrogen and oxygen atoms in total. The molecule has 21 heavy (non-hydrogen) atoms. The summed E-state index contributed by atoms with van der Waals surface area (Å²) in [5, 5.41) is 3.30. The molecule has 0 aromatic heterocycles. The van der Waals surface area contributed by atoms with Gasteiger partial charge in [-0.1, -0.05) is 45.9 Å². The average Bonchev–Trinajstić information content (AvgIpc) is 2.77. The quantitative estimate of drug-likeness (QED) is 0.909. The van der Waals surface area contributed by atoms with Gasteiger partial charge in [-0.25, -0.2) is 8.42 Å². The normalized spacial score (nSPS) is 23.9. The molecule has 0 radical (unpaired) electrons. The zero-order valence-electron chi connectivity index (χ0n) is 13.3. The summed E-state index contributed by atoms with van der Waals surface area (Å²) in [6.07, 6.45) is 0. The Balaban J connectivity index is 2.28. The van der Waals surface area contributed by atoms with Gasteiger partial charge in [0.25, 0.3) is 0 Å². The second kappa shape index (κ2) is 6.46. The number of rotatable bonds is 5.